The van der Waals surface area contributed by atoms with Gasteiger partial charge in [-0.05, 0) is 52.9 Å². The van der Waals surface area contributed by atoms with Gasteiger partial charge in [0.2, 0.25) is 0 Å². The predicted molar refractivity (Wildman–Crippen MR) is 214 cm³/mol. The fourth-order valence-electron chi connectivity index (χ4n) is 7.83. The van der Waals surface area contributed by atoms with Crippen LogP contribution in [-0.4, -0.2) is 71.7 Å². The molecule has 2 aliphatic rings. The topological polar surface area (TPSA) is 118 Å². The molecule has 4 atom stereocenters. The molecular formula is C38H50IN5O6Si2. The molecule has 0 bridgehead atoms. The van der Waals surface area contributed by atoms with Crippen LogP contribution in [0, 0.1) is 5.92 Å². The largest absolute Gasteiger partial charge is 0.414 e. The number of fused-ring (bicyclic) bond motifs is 2. The maximum Gasteiger partial charge on any atom is 0.335 e. The predicted octanol–water partition coefficient (Wildman–Crippen LogP) is 8.61. The van der Waals surface area contributed by atoms with Gasteiger partial charge in [-0.1, -0.05) is 114 Å². The molecule has 0 N–H and O–H groups in total. The first-order valence-electron chi connectivity index (χ1n) is 18.3. The second-order valence-electron chi connectivity index (χ2n) is 15.0. The Bertz CT molecular complexity index is 1790. The van der Waals surface area contributed by atoms with E-state index in [9.17, 15) is 9.59 Å². The van der Waals surface area contributed by atoms with Gasteiger partial charge in [0.25, 0.3) is 11.8 Å². The van der Waals surface area contributed by atoms with Crippen LogP contribution in [0.4, 0.5) is 5.82 Å². The molecule has 0 saturated carbocycles. The van der Waals surface area contributed by atoms with Crippen molar-refractivity contribution in [3.05, 3.63) is 84.4 Å². The van der Waals surface area contributed by atoms with E-state index in [0.29, 0.717) is 28.9 Å². The molecule has 14 heteroatoms. The fourth-order valence-corrected chi connectivity index (χ4v) is 19.8. The Hall–Kier alpha value is -2.87. The van der Waals surface area contributed by atoms with Crippen molar-refractivity contribution >= 4 is 68.5 Å². The van der Waals surface area contributed by atoms with Gasteiger partial charge in [0.05, 0.1) is 19.0 Å². The number of ether oxygens (including phenoxy) is 1. The fraction of sp³-hybridized carbons (Fsp3) is 0.500. The van der Waals surface area contributed by atoms with Gasteiger partial charge in [0, 0.05) is 21.5 Å². The van der Waals surface area contributed by atoms with E-state index >= 15 is 0 Å². The summed E-state index contributed by atoms with van der Waals surface area (Å²) in [7, 11) is -5.66. The average molecular weight is 856 g/mol. The van der Waals surface area contributed by atoms with E-state index in [2.05, 4.69) is 87.9 Å². The lowest BCUT2D eigenvalue weighted by atomic mass is 9.97. The standard InChI is InChI=1S/C38H50IN5O6Si2/c1-24(2)51(25(3)4)47-21-31-33(49-52(50-51,26(5)6)27(7)8)30(19-20-39)38(48-31)43-23-42-32-34(43)40-22-41-35(32)44(36(45)28-15-11-9-12-16-28)37(46)29-17-13-10-14-18-29/h9-18,22-27,30-31,33,38H,19-21H2,1-8H3. The van der Waals surface area contributed by atoms with E-state index in [1.165, 1.54) is 6.33 Å². The zero-order chi connectivity index (χ0) is 37.4. The summed E-state index contributed by atoms with van der Waals surface area (Å²) in [5.41, 5.74) is 2.25. The SMILES string of the molecule is CC(C)[Si]1(C(C)C)OCC2OC(n3cnc4c(N(C(=O)c5ccccc5)C(=O)c5ccccc5)ncnc43)C(CCI)C2O[Si](C(C)C)(C(C)C)O1. The Balaban J connectivity index is 1.45. The van der Waals surface area contributed by atoms with Crippen molar-refractivity contribution in [2.75, 3.05) is 15.9 Å². The number of aromatic nitrogens is 4. The molecule has 11 nitrogen and oxygen atoms in total. The quantitative estimate of drug-likeness (QED) is 0.0669. The molecule has 0 radical (unpaired) electrons. The highest BCUT2D eigenvalue weighted by atomic mass is 127. The van der Waals surface area contributed by atoms with Crippen LogP contribution < -0.4 is 4.90 Å². The van der Waals surface area contributed by atoms with Crippen LogP contribution >= 0.6 is 22.6 Å². The molecule has 0 spiro atoms. The second-order valence-corrected chi connectivity index (χ2v) is 24.9. The molecule has 2 aromatic carbocycles. The number of anilines is 1. The van der Waals surface area contributed by atoms with Crippen molar-refractivity contribution in [2.24, 2.45) is 5.92 Å². The number of carbonyl (C=O) groups excluding carboxylic acids is 2. The minimum absolute atomic E-state index is 0.0745. The minimum atomic E-state index is -2.90. The van der Waals surface area contributed by atoms with Gasteiger partial charge in [0.15, 0.2) is 17.0 Å². The molecule has 4 unspecified atom stereocenters. The summed E-state index contributed by atoms with van der Waals surface area (Å²) in [4.78, 5) is 43.3. The minimum Gasteiger partial charge on any atom is -0.414 e. The number of rotatable bonds is 10. The monoisotopic (exact) mass is 855 g/mol. The summed E-state index contributed by atoms with van der Waals surface area (Å²) in [6, 6.07) is 17.4. The Labute approximate surface area is 322 Å². The van der Waals surface area contributed by atoms with Crippen LogP contribution in [0.5, 0.6) is 0 Å². The van der Waals surface area contributed by atoms with Crippen LogP contribution in [-0.2, 0) is 17.7 Å². The van der Waals surface area contributed by atoms with E-state index in [4.69, 9.17) is 22.7 Å². The van der Waals surface area contributed by atoms with Gasteiger partial charge in [-0.3, -0.25) is 14.2 Å². The first-order chi connectivity index (χ1) is 24.9. The van der Waals surface area contributed by atoms with Gasteiger partial charge in [-0.2, -0.15) is 0 Å². The summed E-state index contributed by atoms with van der Waals surface area (Å²) >= 11 is 2.41. The Morgan fingerprint density at radius 3 is 1.90 bits per heavy atom. The number of hydrogen-bond acceptors (Lipinski definition) is 9. The molecule has 0 aliphatic carbocycles. The number of alkyl halides is 1. The molecule has 278 valence electrons. The number of benzene rings is 2. The number of halogens is 1. The van der Waals surface area contributed by atoms with Crippen molar-refractivity contribution in [2.45, 2.75) is 102 Å². The smallest absolute Gasteiger partial charge is 0.335 e. The van der Waals surface area contributed by atoms with E-state index < -0.39 is 35.2 Å². The number of imide groups is 1. The van der Waals surface area contributed by atoms with E-state index in [1.807, 2.05) is 16.7 Å². The van der Waals surface area contributed by atoms with Gasteiger partial charge >= 0.3 is 17.1 Å². The van der Waals surface area contributed by atoms with Crippen molar-refractivity contribution in [1.29, 1.82) is 0 Å². The summed E-state index contributed by atoms with van der Waals surface area (Å²) in [5, 5.41) is 0. The molecule has 2 amide bonds. The Kier molecular flexibility index (Phi) is 11.8. The number of carbonyl (C=O) groups is 2. The summed E-state index contributed by atoms with van der Waals surface area (Å²) < 4.78 is 31.8. The Morgan fingerprint density at radius 1 is 0.827 bits per heavy atom. The number of hydrogen-bond donors (Lipinski definition) is 0. The lowest BCUT2D eigenvalue weighted by Gasteiger charge is -2.51. The van der Waals surface area contributed by atoms with E-state index in [0.717, 1.165) is 15.7 Å². The van der Waals surface area contributed by atoms with Crippen LogP contribution in [0.25, 0.3) is 11.2 Å². The van der Waals surface area contributed by atoms with E-state index in [1.54, 1.807) is 54.9 Å². The molecule has 2 aromatic heterocycles. The molecule has 2 fully saturated rings. The van der Waals surface area contributed by atoms with Gasteiger partial charge in [-0.25, -0.2) is 19.9 Å². The third-order valence-electron chi connectivity index (χ3n) is 10.5. The lowest BCUT2D eigenvalue weighted by Crippen LogP contribution is -2.65. The van der Waals surface area contributed by atoms with Crippen LogP contribution in [0.1, 0.15) is 88.8 Å². The zero-order valence-corrected chi connectivity index (χ0v) is 35.4. The van der Waals surface area contributed by atoms with Crippen LogP contribution in [0.3, 0.4) is 0 Å². The van der Waals surface area contributed by atoms with Crippen molar-refractivity contribution in [3.63, 3.8) is 0 Å². The first-order valence-corrected chi connectivity index (χ1v) is 23.7. The molecule has 6 rings (SSSR count). The van der Waals surface area contributed by atoms with Gasteiger partial charge in [-0.15, -0.1) is 0 Å². The molecule has 2 saturated heterocycles. The van der Waals surface area contributed by atoms with Crippen molar-refractivity contribution < 1.29 is 27.3 Å². The zero-order valence-electron chi connectivity index (χ0n) is 31.2. The number of nitrogens with zero attached hydrogens (tertiary/aromatic N) is 5. The molecule has 52 heavy (non-hydrogen) atoms. The first kappa shape index (κ1) is 38.8. The highest BCUT2D eigenvalue weighted by Crippen LogP contribution is 2.50. The maximum atomic E-state index is 14.1. The number of amides is 2. The molecule has 4 aromatic rings. The highest BCUT2D eigenvalue weighted by molar-refractivity contribution is 14.1. The molecule has 2 aliphatic heterocycles. The summed E-state index contributed by atoms with van der Waals surface area (Å²) in [6.45, 7) is 18.1. The normalized spacial score (nSPS) is 22.9. The van der Waals surface area contributed by atoms with Gasteiger partial charge in [0.1, 0.15) is 18.7 Å². The van der Waals surface area contributed by atoms with Crippen LogP contribution in [0.2, 0.25) is 22.2 Å². The van der Waals surface area contributed by atoms with E-state index in [-0.39, 0.29) is 46.1 Å². The third-order valence-corrected chi connectivity index (χ3v) is 21.4. The third kappa shape index (κ3) is 6.95. The lowest BCUT2D eigenvalue weighted by molar-refractivity contribution is -0.0550. The highest BCUT2D eigenvalue weighted by Gasteiger charge is 2.61. The Morgan fingerprint density at radius 2 is 1.38 bits per heavy atom. The van der Waals surface area contributed by atoms with Crippen LogP contribution in [0.15, 0.2) is 73.3 Å². The summed E-state index contributed by atoms with van der Waals surface area (Å²) in [6.07, 6.45) is 2.75. The van der Waals surface area contributed by atoms with Crippen molar-refractivity contribution in [1.82, 2.24) is 19.5 Å². The second kappa shape index (κ2) is 15.9. The number of imidazole rings is 1. The van der Waals surface area contributed by atoms with Crippen molar-refractivity contribution in [3.8, 4) is 0 Å². The maximum absolute atomic E-state index is 14.1. The molecular weight excluding hydrogens is 806 g/mol. The summed E-state index contributed by atoms with van der Waals surface area (Å²) in [5.74, 6) is -1.00. The van der Waals surface area contributed by atoms with Gasteiger partial charge < -0.3 is 17.7 Å². The average Bonchev–Trinajstić information content (AvgIpc) is 3.70. The molecule has 4 heterocycles.